The molecule has 3 aromatic rings. The highest BCUT2D eigenvalue weighted by molar-refractivity contribution is 5.34. The Balaban J connectivity index is 1.79. The van der Waals surface area contributed by atoms with Gasteiger partial charge in [-0.1, -0.05) is 48.5 Å². The van der Waals surface area contributed by atoms with Gasteiger partial charge in [0.2, 0.25) is 6.20 Å². The third-order valence-electron chi connectivity index (χ3n) is 3.25. The minimum absolute atomic E-state index is 0.600. The zero-order chi connectivity index (χ0) is 14.5. The van der Waals surface area contributed by atoms with Crippen molar-refractivity contribution in [3.05, 3.63) is 84.3 Å². The molecule has 0 fully saturated rings. The van der Waals surface area contributed by atoms with Crippen LogP contribution in [-0.4, -0.2) is 4.98 Å². The number of aromatic nitrogens is 2. The van der Waals surface area contributed by atoms with E-state index in [1.165, 1.54) is 5.56 Å². The van der Waals surface area contributed by atoms with Crippen LogP contribution < -0.4 is 9.30 Å². The normalized spacial score (nSPS) is 10.3. The number of benzene rings is 2. The quantitative estimate of drug-likeness (QED) is 0.682. The molecular weight excluding hydrogens is 260 g/mol. The van der Waals surface area contributed by atoms with Gasteiger partial charge in [-0.2, -0.15) is 4.57 Å². The van der Waals surface area contributed by atoms with Gasteiger partial charge in [0.05, 0.1) is 6.20 Å². The van der Waals surface area contributed by atoms with E-state index in [1.54, 1.807) is 6.20 Å². The van der Waals surface area contributed by atoms with Crippen LogP contribution in [0.4, 0.5) is 0 Å². The van der Waals surface area contributed by atoms with E-state index >= 15 is 0 Å². The molecule has 3 nitrogen and oxygen atoms in total. The molecule has 0 N–H and O–H groups in total. The van der Waals surface area contributed by atoms with Gasteiger partial charge in [0.15, 0.2) is 12.7 Å². The van der Waals surface area contributed by atoms with Crippen molar-refractivity contribution in [3.63, 3.8) is 0 Å². The Morgan fingerprint density at radius 2 is 1.76 bits per heavy atom. The molecule has 0 bridgehead atoms. The molecule has 104 valence electrons. The van der Waals surface area contributed by atoms with Gasteiger partial charge in [-0.15, -0.1) is 0 Å². The molecule has 1 heterocycles. The molecule has 1 aromatic heterocycles. The largest absolute Gasteiger partial charge is 0.434 e. The van der Waals surface area contributed by atoms with E-state index in [-0.39, 0.29) is 0 Å². The zero-order valence-corrected chi connectivity index (χ0v) is 11.9. The lowest BCUT2D eigenvalue weighted by Gasteiger charge is -2.06. The van der Waals surface area contributed by atoms with Crippen LogP contribution >= 0.6 is 0 Å². The third-order valence-corrected chi connectivity index (χ3v) is 3.25. The minimum atomic E-state index is 0.600. The molecule has 0 saturated heterocycles. The highest BCUT2D eigenvalue weighted by atomic mass is 16.5. The highest BCUT2D eigenvalue weighted by Crippen LogP contribution is 2.21. The maximum Gasteiger partial charge on any atom is 0.285 e. The van der Waals surface area contributed by atoms with Crippen molar-refractivity contribution in [2.24, 2.45) is 0 Å². The Labute approximate surface area is 124 Å². The summed E-state index contributed by atoms with van der Waals surface area (Å²) in [7, 11) is 0. The van der Waals surface area contributed by atoms with Crippen LogP contribution in [0.2, 0.25) is 0 Å². The lowest BCUT2D eigenvalue weighted by molar-refractivity contribution is -0.689. The monoisotopic (exact) mass is 277 g/mol. The van der Waals surface area contributed by atoms with E-state index in [0.29, 0.717) is 5.88 Å². The molecule has 0 amide bonds. The molecule has 3 heteroatoms. The van der Waals surface area contributed by atoms with Crippen molar-refractivity contribution in [2.45, 2.75) is 13.5 Å². The summed E-state index contributed by atoms with van der Waals surface area (Å²) < 4.78 is 7.92. The number of nitrogens with zero attached hydrogens (tertiary/aromatic N) is 2. The average Bonchev–Trinajstić information content (AvgIpc) is 2.51. The molecule has 2 aromatic carbocycles. The number of para-hydroxylation sites is 1. The fourth-order valence-corrected chi connectivity index (χ4v) is 2.14. The molecule has 3 rings (SSSR count). The summed E-state index contributed by atoms with van der Waals surface area (Å²) in [5, 5.41) is 0. The summed E-state index contributed by atoms with van der Waals surface area (Å²) in [6.45, 7) is 2.82. The predicted octanol–water partition coefficient (Wildman–Crippen LogP) is 3.52. The van der Waals surface area contributed by atoms with E-state index in [1.807, 2.05) is 61.8 Å². The summed E-state index contributed by atoms with van der Waals surface area (Å²) >= 11 is 0. The molecular formula is C18H17N2O+. The molecule has 0 spiro atoms. The van der Waals surface area contributed by atoms with Gasteiger partial charge in [0, 0.05) is 5.56 Å². The number of rotatable bonds is 4. The van der Waals surface area contributed by atoms with Crippen LogP contribution in [0.3, 0.4) is 0 Å². The average molecular weight is 277 g/mol. The minimum Gasteiger partial charge on any atom is -0.434 e. The van der Waals surface area contributed by atoms with Crippen LogP contribution in [0.25, 0.3) is 0 Å². The van der Waals surface area contributed by atoms with Crippen LogP contribution in [0.15, 0.2) is 73.2 Å². The zero-order valence-electron chi connectivity index (χ0n) is 11.9. The Bertz CT molecular complexity index is 726. The Morgan fingerprint density at radius 3 is 2.57 bits per heavy atom. The topological polar surface area (TPSA) is 26.0 Å². The van der Waals surface area contributed by atoms with E-state index in [0.717, 1.165) is 17.9 Å². The molecule has 0 aliphatic heterocycles. The summed E-state index contributed by atoms with van der Waals surface area (Å²) in [6.07, 6.45) is 5.62. The van der Waals surface area contributed by atoms with Crippen LogP contribution in [0.5, 0.6) is 11.6 Å². The van der Waals surface area contributed by atoms with Crippen LogP contribution in [-0.2, 0) is 6.54 Å². The molecule has 0 saturated carbocycles. The second-order valence-corrected chi connectivity index (χ2v) is 4.92. The van der Waals surface area contributed by atoms with E-state index in [9.17, 15) is 0 Å². The molecule has 0 aliphatic carbocycles. The van der Waals surface area contributed by atoms with E-state index in [4.69, 9.17) is 4.74 Å². The maximum absolute atomic E-state index is 5.86. The predicted molar refractivity (Wildman–Crippen MR) is 81.2 cm³/mol. The molecule has 21 heavy (non-hydrogen) atoms. The number of hydrogen-bond acceptors (Lipinski definition) is 2. The van der Waals surface area contributed by atoms with Crippen molar-refractivity contribution in [1.29, 1.82) is 0 Å². The Morgan fingerprint density at radius 1 is 1.00 bits per heavy atom. The van der Waals surface area contributed by atoms with Gasteiger partial charge in [0.25, 0.3) is 5.88 Å². The number of hydrogen-bond donors (Lipinski definition) is 0. The Kier molecular flexibility index (Phi) is 3.92. The van der Waals surface area contributed by atoms with E-state index in [2.05, 4.69) is 21.7 Å². The molecule has 0 aliphatic rings. The van der Waals surface area contributed by atoms with E-state index < -0.39 is 0 Å². The van der Waals surface area contributed by atoms with Crippen LogP contribution in [0, 0.1) is 6.92 Å². The summed E-state index contributed by atoms with van der Waals surface area (Å²) in [5.74, 6) is 1.44. The number of aryl methyl sites for hydroxylation is 1. The Hall–Kier alpha value is -2.68. The fourth-order valence-electron chi connectivity index (χ4n) is 2.14. The van der Waals surface area contributed by atoms with Gasteiger partial charge >= 0.3 is 0 Å². The molecule has 0 unspecified atom stereocenters. The highest BCUT2D eigenvalue weighted by Gasteiger charge is 2.08. The first-order chi connectivity index (χ1) is 10.3. The second kappa shape index (κ2) is 6.18. The standard InChI is InChI=1S/C18H17N2O/c1-15-7-5-6-10-17(15)21-18-14-20(12-11-19-18)13-16-8-3-2-4-9-16/h2-12,14H,13H2,1H3/q+1. The van der Waals surface area contributed by atoms with Gasteiger partial charge in [-0.05, 0) is 18.6 Å². The van der Waals surface area contributed by atoms with Crippen molar-refractivity contribution in [3.8, 4) is 11.6 Å². The van der Waals surface area contributed by atoms with Crippen molar-refractivity contribution in [2.75, 3.05) is 0 Å². The second-order valence-electron chi connectivity index (χ2n) is 4.92. The summed E-state index contributed by atoms with van der Waals surface area (Å²) in [4.78, 5) is 4.27. The fraction of sp³-hybridized carbons (Fsp3) is 0.111. The van der Waals surface area contributed by atoms with Gasteiger partial charge in [0.1, 0.15) is 5.75 Å². The van der Waals surface area contributed by atoms with Crippen molar-refractivity contribution in [1.82, 2.24) is 4.98 Å². The first kappa shape index (κ1) is 13.3. The van der Waals surface area contributed by atoms with Gasteiger partial charge in [-0.3, -0.25) is 0 Å². The lowest BCUT2D eigenvalue weighted by Crippen LogP contribution is -2.33. The van der Waals surface area contributed by atoms with Gasteiger partial charge < -0.3 is 4.74 Å². The SMILES string of the molecule is Cc1ccccc1Oc1c[n+](Cc2ccccc2)ccn1. The van der Waals surface area contributed by atoms with Crippen LogP contribution in [0.1, 0.15) is 11.1 Å². The lowest BCUT2D eigenvalue weighted by atomic mass is 10.2. The summed E-state index contributed by atoms with van der Waals surface area (Å²) in [5.41, 5.74) is 2.34. The summed E-state index contributed by atoms with van der Waals surface area (Å²) in [6, 6.07) is 18.3. The molecule has 0 atom stereocenters. The molecule has 0 radical (unpaired) electrons. The van der Waals surface area contributed by atoms with Gasteiger partial charge in [-0.25, -0.2) is 4.98 Å². The first-order valence-corrected chi connectivity index (χ1v) is 6.94. The van der Waals surface area contributed by atoms with Crippen molar-refractivity contribution < 1.29 is 9.30 Å². The maximum atomic E-state index is 5.86. The smallest absolute Gasteiger partial charge is 0.285 e. The van der Waals surface area contributed by atoms with Crippen molar-refractivity contribution >= 4 is 0 Å². The third kappa shape index (κ3) is 3.45. The first-order valence-electron chi connectivity index (χ1n) is 6.94. The number of ether oxygens (including phenoxy) is 1.